The second kappa shape index (κ2) is 9.35. The first-order valence-electron chi connectivity index (χ1n) is 7.33. The highest BCUT2D eigenvalue weighted by Gasteiger charge is 2.10. The van der Waals surface area contributed by atoms with Crippen molar-refractivity contribution in [3.8, 4) is 6.07 Å². The Kier molecular flexibility index (Phi) is 7.71. The number of nitrogens with one attached hydrogen (secondary N) is 1. The topological polar surface area (TPSA) is 48.3 Å². The first kappa shape index (κ1) is 16.5. The van der Waals surface area contributed by atoms with E-state index in [1.54, 1.807) is 0 Å². The van der Waals surface area contributed by atoms with E-state index in [2.05, 4.69) is 36.2 Å². The molecule has 0 aliphatic carbocycles. The van der Waals surface area contributed by atoms with E-state index >= 15 is 0 Å². The molecule has 0 saturated heterocycles. The lowest BCUT2D eigenvalue weighted by Crippen LogP contribution is -2.28. The van der Waals surface area contributed by atoms with Gasteiger partial charge in [-0.25, -0.2) is 0 Å². The molecule has 4 nitrogen and oxygen atoms in total. The zero-order chi connectivity index (χ0) is 14.8. The maximum absolute atomic E-state index is 9.36. The molecule has 0 bridgehead atoms. The van der Waals surface area contributed by atoms with E-state index in [1.165, 1.54) is 0 Å². The summed E-state index contributed by atoms with van der Waals surface area (Å²) in [5, 5.41) is 12.6. The van der Waals surface area contributed by atoms with Crippen LogP contribution in [0.1, 0.15) is 31.9 Å². The van der Waals surface area contributed by atoms with Gasteiger partial charge in [-0.15, -0.1) is 0 Å². The maximum atomic E-state index is 9.36. The Morgan fingerprint density at radius 2 is 2.10 bits per heavy atom. The number of nitriles is 1. The third-order valence-corrected chi connectivity index (χ3v) is 3.19. The Balaban J connectivity index is 2.84. The van der Waals surface area contributed by atoms with E-state index in [0.29, 0.717) is 6.61 Å². The fraction of sp³-hybridized carbons (Fsp3) is 0.562. The summed E-state index contributed by atoms with van der Waals surface area (Å²) in [6, 6.07) is 8.41. The van der Waals surface area contributed by atoms with E-state index in [4.69, 9.17) is 4.74 Å². The fourth-order valence-corrected chi connectivity index (χ4v) is 2.10. The van der Waals surface area contributed by atoms with Crippen LogP contribution in [0.2, 0.25) is 0 Å². The van der Waals surface area contributed by atoms with Gasteiger partial charge in [-0.1, -0.05) is 13.0 Å². The number of benzene rings is 1. The molecule has 0 atom stereocenters. The molecule has 0 aliphatic rings. The summed E-state index contributed by atoms with van der Waals surface area (Å²) in [7, 11) is 0. The molecular formula is C16H25N3O. The lowest BCUT2D eigenvalue weighted by atomic mass is 10.1. The van der Waals surface area contributed by atoms with Crippen LogP contribution in [-0.4, -0.2) is 32.8 Å². The highest BCUT2D eigenvalue weighted by atomic mass is 16.5. The highest BCUT2D eigenvalue weighted by molar-refractivity contribution is 5.60. The van der Waals surface area contributed by atoms with Crippen molar-refractivity contribution >= 4 is 5.69 Å². The van der Waals surface area contributed by atoms with E-state index in [-0.39, 0.29) is 0 Å². The number of nitrogens with zero attached hydrogens (tertiary/aromatic N) is 2. The molecule has 0 radical (unpaired) electrons. The third kappa shape index (κ3) is 4.84. The van der Waals surface area contributed by atoms with Crippen molar-refractivity contribution in [3.05, 3.63) is 29.3 Å². The molecule has 0 aliphatic heterocycles. The molecule has 110 valence electrons. The van der Waals surface area contributed by atoms with Gasteiger partial charge in [-0.05, 0) is 38.1 Å². The van der Waals surface area contributed by atoms with Crippen molar-refractivity contribution in [2.45, 2.75) is 27.3 Å². The minimum Gasteiger partial charge on any atom is -0.380 e. The van der Waals surface area contributed by atoms with Crippen molar-refractivity contribution in [1.29, 1.82) is 5.26 Å². The van der Waals surface area contributed by atoms with Crippen LogP contribution in [0.3, 0.4) is 0 Å². The minimum atomic E-state index is 0.689. The Bertz CT molecular complexity index is 440. The number of likely N-dealkylation sites (N-methyl/N-ethyl adjacent to an activating group) is 1. The molecule has 0 fully saturated rings. The van der Waals surface area contributed by atoms with Crippen LogP contribution in [0.4, 0.5) is 5.69 Å². The molecule has 0 spiro atoms. The van der Waals surface area contributed by atoms with E-state index < -0.39 is 0 Å². The van der Waals surface area contributed by atoms with Gasteiger partial charge in [0.15, 0.2) is 0 Å². The summed E-state index contributed by atoms with van der Waals surface area (Å²) < 4.78 is 5.40. The Morgan fingerprint density at radius 3 is 2.70 bits per heavy atom. The van der Waals surface area contributed by atoms with Crippen molar-refractivity contribution in [2.75, 3.05) is 37.7 Å². The largest absolute Gasteiger partial charge is 0.380 e. The van der Waals surface area contributed by atoms with Crippen LogP contribution < -0.4 is 10.2 Å². The van der Waals surface area contributed by atoms with Crippen molar-refractivity contribution < 1.29 is 4.74 Å². The predicted molar refractivity (Wildman–Crippen MR) is 82.9 cm³/mol. The van der Waals surface area contributed by atoms with Gasteiger partial charge in [0.25, 0.3) is 0 Å². The number of rotatable bonds is 9. The second-order valence-corrected chi connectivity index (χ2v) is 4.52. The SMILES string of the molecule is CCNCc1ccc(N(CC)CCOCC)c(C#N)c1. The summed E-state index contributed by atoms with van der Waals surface area (Å²) in [6.45, 7) is 11.0. The number of hydrogen-bond donors (Lipinski definition) is 1. The molecular weight excluding hydrogens is 250 g/mol. The van der Waals surface area contributed by atoms with Crippen LogP contribution in [0.25, 0.3) is 0 Å². The first-order chi connectivity index (χ1) is 9.76. The quantitative estimate of drug-likeness (QED) is 0.704. The standard InChI is InChI=1S/C16H25N3O/c1-4-18-13-14-7-8-16(15(11-14)12-17)19(5-2)9-10-20-6-3/h7-8,11,18H,4-6,9-10,13H2,1-3H3. The van der Waals surface area contributed by atoms with Crippen LogP contribution in [-0.2, 0) is 11.3 Å². The van der Waals surface area contributed by atoms with Crippen LogP contribution >= 0.6 is 0 Å². The predicted octanol–water partition coefficient (Wildman–Crippen LogP) is 2.53. The van der Waals surface area contributed by atoms with E-state index in [0.717, 1.165) is 49.6 Å². The van der Waals surface area contributed by atoms with Gasteiger partial charge in [-0.2, -0.15) is 5.26 Å². The average molecular weight is 275 g/mol. The van der Waals surface area contributed by atoms with Gasteiger partial charge in [0.05, 0.1) is 17.9 Å². The van der Waals surface area contributed by atoms with Crippen LogP contribution in [0.5, 0.6) is 0 Å². The van der Waals surface area contributed by atoms with Gasteiger partial charge < -0.3 is 15.0 Å². The summed E-state index contributed by atoms with van der Waals surface area (Å²) >= 11 is 0. The monoisotopic (exact) mass is 275 g/mol. The summed E-state index contributed by atoms with van der Waals surface area (Å²) in [5.41, 5.74) is 2.88. The second-order valence-electron chi connectivity index (χ2n) is 4.52. The first-order valence-corrected chi connectivity index (χ1v) is 7.33. The molecule has 1 aromatic carbocycles. The maximum Gasteiger partial charge on any atom is 0.101 e. The van der Waals surface area contributed by atoms with Gasteiger partial charge in [0, 0.05) is 26.2 Å². The molecule has 1 N–H and O–H groups in total. The lowest BCUT2D eigenvalue weighted by Gasteiger charge is -2.24. The lowest BCUT2D eigenvalue weighted by molar-refractivity contribution is 0.154. The molecule has 20 heavy (non-hydrogen) atoms. The highest BCUT2D eigenvalue weighted by Crippen LogP contribution is 2.21. The molecule has 0 saturated carbocycles. The smallest absolute Gasteiger partial charge is 0.101 e. The zero-order valence-electron chi connectivity index (χ0n) is 12.8. The molecule has 0 unspecified atom stereocenters. The van der Waals surface area contributed by atoms with Crippen molar-refractivity contribution in [1.82, 2.24) is 5.32 Å². The van der Waals surface area contributed by atoms with Crippen molar-refractivity contribution in [2.24, 2.45) is 0 Å². The normalized spacial score (nSPS) is 10.3. The summed E-state index contributed by atoms with van der Waals surface area (Å²) in [5.74, 6) is 0. The number of anilines is 1. The van der Waals surface area contributed by atoms with Gasteiger partial charge in [0.1, 0.15) is 6.07 Å². The Labute approximate surface area is 122 Å². The molecule has 4 heteroatoms. The van der Waals surface area contributed by atoms with E-state index in [9.17, 15) is 5.26 Å². The molecule has 0 aromatic heterocycles. The van der Waals surface area contributed by atoms with Gasteiger partial charge >= 0.3 is 0 Å². The third-order valence-electron chi connectivity index (χ3n) is 3.19. The number of ether oxygens (including phenoxy) is 1. The zero-order valence-corrected chi connectivity index (χ0v) is 12.8. The van der Waals surface area contributed by atoms with Gasteiger partial charge in [-0.3, -0.25) is 0 Å². The van der Waals surface area contributed by atoms with Crippen LogP contribution in [0, 0.1) is 11.3 Å². The van der Waals surface area contributed by atoms with Gasteiger partial charge in [0.2, 0.25) is 0 Å². The molecule has 0 heterocycles. The van der Waals surface area contributed by atoms with E-state index in [1.807, 2.05) is 19.1 Å². The summed E-state index contributed by atoms with van der Waals surface area (Å²) in [4.78, 5) is 2.19. The average Bonchev–Trinajstić information content (AvgIpc) is 2.49. The molecule has 1 rings (SSSR count). The fourth-order valence-electron chi connectivity index (χ4n) is 2.10. The van der Waals surface area contributed by atoms with Crippen molar-refractivity contribution in [3.63, 3.8) is 0 Å². The van der Waals surface area contributed by atoms with Crippen LogP contribution in [0.15, 0.2) is 18.2 Å². The number of hydrogen-bond acceptors (Lipinski definition) is 4. The Morgan fingerprint density at radius 1 is 1.30 bits per heavy atom. The minimum absolute atomic E-state index is 0.689. The summed E-state index contributed by atoms with van der Waals surface area (Å²) in [6.07, 6.45) is 0. The Hall–Kier alpha value is -1.57. The molecule has 0 amide bonds. The molecule has 1 aromatic rings.